The molecule has 2 amide bonds. The third-order valence-corrected chi connectivity index (χ3v) is 6.20. The summed E-state index contributed by atoms with van der Waals surface area (Å²) in [6.45, 7) is 8.60. The van der Waals surface area contributed by atoms with Crippen LogP contribution < -0.4 is 5.32 Å². The van der Waals surface area contributed by atoms with E-state index in [-0.39, 0.29) is 24.5 Å². The van der Waals surface area contributed by atoms with Crippen LogP contribution in [0.1, 0.15) is 44.2 Å². The third kappa shape index (κ3) is 6.19. The van der Waals surface area contributed by atoms with Crippen molar-refractivity contribution in [3.8, 4) is 10.6 Å². The lowest BCUT2D eigenvalue weighted by molar-refractivity contribution is -0.121. The lowest BCUT2D eigenvalue weighted by Gasteiger charge is -2.34. The van der Waals surface area contributed by atoms with E-state index in [4.69, 9.17) is 16.3 Å². The highest BCUT2D eigenvalue weighted by Crippen LogP contribution is 2.29. The normalized spacial score (nSPS) is 17.0. The first-order valence-corrected chi connectivity index (χ1v) is 11.3. The van der Waals surface area contributed by atoms with Crippen LogP contribution in [0.4, 0.5) is 4.79 Å². The van der Waals surface area contributed by atoms with E-state index in [2.05, 4.69) is 10.3 Å². The van der Waals surface area contributed by atoms with Gasteiger partial charge in [0, 0.05) is 34.6 Å². The van der Waals surface area contributed by atoms with Gasteiger partial charge in [-0.25, -0.2) is 9.78 Å². The number of benzene rings is 1. The number of ether oxygens (including phenoxy) is 1. The summed E-state index contributed by atoms with van der Waals surface area (Å²) in [6, 6.07) is 7.46. The Morgan fingerprint density at radius 3 is 2.67 bits per heavy atom. The summed E-state index contributed by atoms with van der Waals surface area (Å²) in [4.78, 5) is 32.2. The summed E-state index contributed by atoms with van der Waals surface area (Å²) < 4.78 is 5.45. The fourth-order valence-electron chi connectivity index (χ4n) is 3.32. The van der Waals surface area contributed by atoms with Crippen LogP contribution in [-0.2, 0) is 16.0 Å². The molecule has 1 aliphatic rings. The number of thiazole rings is 1. The molecule has 0 bridgehead atoms. The first kappa shape index (κ1) is 22.6. The maximum absolute atomic E-state index is 12.6. The molecule has 1 saturated heterocycles. The van der Waals surface area contributed by atoms with Gasteiger partial charge in [-0.1, -0.05) is 23.7 Å². The van der Waals surface area contributed by atoms with Gasteiger partial charge in [-0.3, -0.25) is 4.79 Å². The Hall–Kier alpha value is -2.12. The number of rotatable bonds is 4. The second kappa shape index (κ2) is 9.35. The largest absolute Gasteiger partial charge is 0.444 e. The molecule has 2 heterocycles. The Bertz CT molecular complexity index is 905. The zero-order valence-electron chi connectivity index (χ0n) is 17.8. The maximum atomic E-state index is 12.6. The molecule has 1 aromatic carbocycles. The minimum absolute atomic E-state index is 0.0551. The Kier molecular flexibility index (Phi) is 7.03. The summed E-state index contributed by atoms with van der Waals surface area (Å²) in [7, 11) is 0. The van der Waals surface area contributed by atoms with Crippen LogP contribution in [0, 0.1) is 6.92 Å². The zero-order valence-corrected chi connectivity index (χ0v) is 19.4. The molecule has 162 valence electrons. The smallest absolute Gasteiger partial charge is 0.410 e. The lowest BCUT2D eigenvalue weighted by Crippen LogP contribution is -2.50. The van der Waals surface area contributed by atoms with Gasteiger partial charge in [0.1, 0.15) is 10.6 Å². The number of nitrogens with one attached hydrogen (secondary N) is 1. The summed E-state index contributed by atoms with van der Waals surface area (Å²) in [6.07, 6.45) is 1.64. The van der Waals surface area contributed by atoms with Crippen LogP contribution in [0.25, 0.3) is 10.6 Å². The van der Waals surface area contributed by atoms with Gasteiger partial charge in [-0.2, -0.15) is 0 Å². The van der Waals surface area contributed by atoms with Gasteiger partial charge in [-0.05, 0) is 52.7 Å². The maximum Gasteiger partial charge on any atom is 0.410 e. The van der Waals surface area contributed by atoms with Crippen molar-refractivity contribution >= 4 is 34.9 Å². The van der Waals surface area contributed by atoms with Crippen LogP contribution in [-0.4, -0.2) is 46.6 Å². The van der Waals surface area contributed by atoms with Gasteiger partial charge in [0.2, 0.25) is 5.91 Å². The van der Waals surface area contributed by atoms with Crippen LogP contribution in [0.3, 0.4) is 0 Å². The van der Waals surface area contributed by atoms with Gasteiger partial charge < -0.3 is 15.0 Å². The van der Waals surface area contributed by atoms with Crippen molar-refractivity contribution in [3.63, 3.8) is 0 Å². The van der Waals surface area contributed by atoms with Crippen molar-refractivity contribution < 1.29 is 14.3 Å². The molecule has 0 spiro atoms. The van der Waals surface area contributed by atoms with Crippen molar-refractivity contribution in [2.75, 3.05) is 13.1 Å². The molecule has 0 saturated carbocycles. The minimum Gasteiger partial charge on any atom is -0.444 e. The van der Waals surface area contributed by atoms with E-state index in [1.165, 1.54) is 11.3 Å². The van der Waals surface area contributed by atoms with Crippen LogP contribution in [0.15, 0.2) is 24.3 Å². The number of carbonyl (C=O) groups excluding carboxylic acids is 2. The molecule has 6 nitrogen and oxygen atoms in total. The first-order chi connectivity index (χ1) is 14.1. The second-order valence-corrected chi connectivity index (χ2v) is 10.1. The number of likely N-dealkylation sites (tertiary alicyclic amines) is 1. The van der Waals surface area contributed by atoms with Crippen molar-refractivity contribution in [3.05, 3.63) is 39.9 Å². The lowest BCUT2D eigenvalue weighted by atomic mass is 10.1. The predicted octanol–water partition coefficient (Wildman–Crippen LogP) is 4.83. The monoisotopic (exact) mass is 449 g/mol. The van der Waals surface area contributed by atoms with E-state index in [9.17, 15) is 9.59 Å². The fraction of sp³-hybridized carbons (Fsp3) is 0.500. The molecule has 1 N–H and O–H groups in total. The van der Waals surface area contributed by atoms with E-state index in [1.807, 2.05) is 52.0 Å². The Morgan fingerprint density at radius 1 is 1.30 bits per heavy atom. The number of hydrogen-bond donors (Lipinski definition) is 1. The molecule has 3 rings (SSSR count). The highest BCUT2D eigenvalue weighted by Gasteiger charge is 2.28. The zero-order chi connectivity index (χ0) is 21.9. The number of piperidine rings is 1. The Balaban J connectivity index is 1.58. The topological polar surface area (TPSA) is 71.5 Å². The van der Waals surface area contributed by atoms with E-state index in [0.717, 1.165) is 34.0 Å². The molecule has 1 aliphatic heterocycles. The Morgan fingerprint density at radius 2 is 2.00 bits per heavy atom. The summed E-state index contributed by atoms with van der Waals surface area (Å²) in [5.74, 6) is -0.0551. The first-order valence-electron chi connectivity index (χ1n) is 10.1. The number of nitrogens with zero attached hydrogens (tertiary/aromatic N) is 2. The van der Waals surface area contributed by atoms with Crippen molar-refractivity contribution in [2.24, 2.45) is 0 Å². The van der Waals surface area contributed by atoms with E-state index >= 15 is 0 Å². The highest BCUT2D eigenvalue weighted by atomic mass is 35.5. The van der Waals surface area contributed by atoms with Gasteiger partial charge in [-0.15, -0.1) is 11.3 Å². The van der Waals surface area contributed by atoms with Gasteiger partial charge in [0.05, 0.1) is 12.1 Å². The number of amides is 2. The van der Waals surface area contributed by atoms with Crippen LogP contribution in [0.2, 0.25) is 5.02 Å². The van der Waals surface area contributed by atoms with Gasteiger partial charge >= 0.3 is 6.09 Å². The molecular formula is C22H28ClN3O3S. The summed E-state index contributed by atoms with van der Waals surface area (Å²) in [5.41, 5.74) is 1.32. The SMILES string of the molecule is Cc1nc(-c2ccc(Cl)cc2)sc1CC(=O)NC1CCCN(C(=O)OC(C)(C)C)C1. The molecule has 1 aromatic heterocycles. The molecule has 30 heavy (non-hydrogen) atoms. The van der Waals surface area contributed by atoms with Crippen LogP contribution in [0.5, 0.6) is 0 Å². The van der Waals surface area contributed by atoms with E-state index in [0.29, 0.717) is 18.1 Å². The molecule has 2 aromatic rings. The number of hydrogen-bond acceptors (Lipinski definition) is 5. The van der Waals surface area contributed by atoms with Crippen molar-refractivity contribution in [2.45, 2.75) is 58.6 Å². The molecule has 1 fully saturated rings. The molecule has 1 atom stereocenters. The molecule has 8 heteroatoms. The third-order valence-electron chi connectivity index (χ3n) is 4.74. The second-order valence-electron chi connectivity index (χ2n) is 8.54. The number of carbonyl (C=O) groups is 2. The number of halogens is 1. The minimum atomic E-state index is -0.529. The van der Waals surface area contributed by atoms with Crippen molar-refractivity contribution in [1.29, 1.82) is 0 Å². The predicted molar refractivity (Wildman–Crippen MR) is 120 cm³/mol. The van der Waals surface area contributed by atoms with E-state index in [1.54, 1.807) is 4.90 Å². The molecular weight excluding hydrogens is 422 g/mol. The molecule has 1 unspecified atom stereocenters. The highest BCUT2D eigenvalue weighted by molar-refractivity contribution is 7.15. The number of aryl methyl sites for hydroxylation is 1. The summed E-state index contributed by atoms with van der Waals surface area (Å²) >= 11 is 7.48. The van der Waals surface area contributed by atoms with Gasteiger partial charge in [0.25, 0.3) is 0 Å². The molecule has 0 aliphatic carbocycles. The van der Waals surface area contributed by atoms with Gasteiger partial charge in [0.15, 0.2) is 0 Å². The summed E-state index contributed by atoms with van der Waals surface area (Å²) in [5, 5.41) is 4.63. The fourth-order valence-corrected chi connectivity index (χ4v) is 4.51. The average molecular weight is 450 g/mol. The Labute approximate surface area is 186 Å². The van der Waals surface area contributed by atoms with Crippen molar-refractivity contribution in [1.82, 2.24) is 15.2 Å². The quantitative estimate of drug-likeness (QED) is 0.725. The molecule has 0 radical (unpaired) electrons. The van der Waals surface area contributed by atoms with E-state index < -0.39 is 5.60 Å². The average Bonchev–Trinajstić information content (AvgIpc) is 3.01. The van der Waals surface area contributed by atoms with Crippen LogP contribution >= 0.6 is 22.9 Å². The standard InChI is InChI=1S/C22H28ClN3O3S/c1-14-18(30-20(24-14)15-7-9-16(23)10-8-15)12-19(27)25-17-6-5-11-26(13-17)21(28)29-22(2,3)4/h7-10,17H,5-6,11-13H2,1-4H3,(H,25,27). The number of aromatic nitrogens is 1.